The van der Waals surface area contributed by atoms with E-state index in [1.54, 1.807) is 19.2 Å². The predicted octanol–water partition coefficient (Wildman–Crippen LogP) is 6.30. The van der Waals surface area contributed by atoms with Crippen molar-refractivity contribution < 1.29 is 45.7 Å². The van der Waals surface area contributed by atoms with Gasteiger partial charge in [0.15, 0.2) is 0 Å². The Kier molecular flexibility index (Phi) is 7.60. The van der Waals surface area contributed by atoms with Crippen molar-refractivity contribution in [3.8, 4) is 11.6 Å². The summed E-state index contributed by atoms with van der Waals surface area (Å²) < 4.78 is 90.9. The molecule has 15 heteroatoms. The molecular weight excluding hydrogens is 584 g/mol. The Labute approximate surface area is 232 Å². The zero-order chi connectivity index (χ0) is 30.5. The van der Waals surface area contributed by atoms with Crippen molar-refractivity contribution in [2.24, 2.45) is 14.1 Å². The number of alkyl halides is 6. The second-order valence-corrected chi connectivity index (χ2v) is 9.46. The second-order valence-electron chi connectivity index (χ2n) is 9.03. The Bertz CT molecular complexity index is 1700. The van der Waals surface area contributed by atoms with Gasteiger partial charge in [-0.2, -0.15) is 26.3 Å². The number of imidazole rings is 1. The van der Waals surface area contributed by atoms with Crippen LogP contribution in [0.5, 0.6) is 11.6 Å². The summed E-state index contributed by atoms with van der Waals surface area (Å²) in [6.07, 6.45) is -9.62. The number of aromatic nitrogens is 3. The van der Waals surface area contributed by atoms with Crippen molar-refractivity contribution >= 4 is 28.6 Å². The summed E-state index contributed by atoms with van der Waals surface area (Å²) in [6.45, 7) is 1.39. The zero-order valence-corrected chi connectivity index (χ0v) is 22.1. The molecule has 1 N–H and O–H groups in total. The molecule has 8 nitrogen and oxygen atoms in total. The van der Waals surface area contributed by atoms with Crippen LogP contribution in [-0.4, -0.2) is 37.5 Å². The highest BCUT2D eigenvalue weighted by molar-refractivity contribution is 6.30. The Morgan fingerprint density at radius 3 is 2.22 bits per heavy atom. The number of carboxylic acids is 1. The van der Waals surface area contributed by atoms with E-state index in [-0.39, 0.29) is 22.9 Å². The lowest BCUT2D eigenvalue weighted by Crippen LogP contribution is -2.32. The predicted molar refractivity (Wildman–Crippen MR) is 134 cm³/mol. The molecular formula is C26H20ClF6N3O5. The molecule has 1 fully saturated rings. The van der Waals surface area contributed by atoms with E-state index in [1.165, 1.54) is 53.4 Å². The lowest BCUT2D eigenvalue weighted by atomic mass is 9.95. The first-order valence-corrected chi connectivity index (χ1v) is 12.0. The number of aryl methyl sites for hydroxylation is 2. The second kappa shape index (κ2) is 10.4. The van der Waals surface area contributed by atoms with E-state index >= 15 is 0 Å². The van der Waals surface area contributed by atoms with Crippen molar-refractivity contribution in [2.45, 2.75) is 31.0 Å². The van der Waals surface area contributed by atoms with Crippen LogP contribution in [0.25, 0.3) is 11.0 Å². The fourth-order valence-electron chi connectivity index (χ4n) is 4.29. The van der Waals surface area contributed by atoms with Gasteiger partial charge in [0.05, 0.1) is 28.3 Å². The molecule has 3 heterocycles. The molecule has 0 aliphatic carbocycles. The average molecular weight is 604 g/mol. The van der Waals surface area contributed by atoms with Crippen LogP contribution in [0, 0.1) is 0 Å². The summed E-state index contributed by atoms with van der Waals surface area (Å²) in [5.74, 6) is -1.91. The third-order valence-electron chi connectivity index (χ3n) is 6.43. The number of aromatic carboxylic acids is 1. The molecule has 4 aromatic rings. The van der Waals surface area contributed by atoms with Gasteiger partial charge in [-0.25, -0.2) is 14.6 Å². The highest BCUT2D eigenvalue weighted by Gasteiger charge is 2.72. The van der Waals surface area contributed by atoms with Gasteiger partial charge in [0.2, 0.25) is 11.5 Å². The maximum absolute atomic E-state index is 13.2. The number of nitrogens with zero attached hydrogens (tertiary/aromatic N) is 3. The number of carbonyl (C=O) groups is 1. The summed E-state index contributed by atoms with van der Waals surface area (Å²) in [5.41, 5.74) is -3.71. The van der Waals surface area contributed by atoms with Crippen LogP contribution in [0.15, 0.2) is 59.5 Å². The van der Waals surface area contributed by atoms with Gasteiger partial charge in [0.25, 0.3) is 0 Å². The van der Waals surface area contributed by atoms with Crippen LogP contribution >= 0.6 is 11.6 Å². The van der Waals surface area contributed by atoms with E-state index < -0.39 is 41.2 Å². The van der Waals surface area contributed by atoms with E-state index in [4.69, 9.17) is 26.2 Å². The first-order chi connectivity index (χ1) is 19.0. The molecule has 1 aliphatic rings. The molecule has 1 aliphatic heterocycles. The van der Waals surface area contributed by atoms with Crippen LogP contribution in [0.1, 0.15) is 28.4 Å². The van der Waals surface area contributed by atoms with Crippen molar-refractivity contribution in [1.29, 1.82) is 0 Å². The SMILES string of the molecule is CC1OC1(c1ccc2c(c1)n(C)c(=O)n2C)C(F)(F)F.O=C(O)c1cnc(Oc2cccc(Cl)c2)cc1C(F)(F)F. The standard InChI is InChI=1S/C13H7ClF3NO3.C13H13F3N2O2/c14-7-2-1-3-8(4-7)21-11-5-10(13(15,16)17)9(6-18-11)12(19)20;1-7-12(20-7,13(14,15)16)8-4-5-9-10(6-8)18(3)11(19)17(9)2/h1-6H,(H,19,20);4-7H,1-3H3. The molecule has 0 saturated carbocycles. The van der Waals surface area contributed by atoms with Gasteiger partial charge in [0.1, 0.15) is 5.75 Å². The molecule has 0 bridgehead atoms. The topological polar surface area (TPSA) is 98.9 Å². The first-order valence-electron chi connectivity index (χ1n) is 11.6. The Balaban J connectivity index is 0.000000189. The minimum absolute atomic E-state index is 0.0335. The van der Waals surface area contributed by atoms with Crippen molar-refractivity contribution in [2.75, 3.05) is 0 Å². The first kappa shape index (κ1) is 29.9. The number of epoxide rings is 1. The summed E-state index contributed by atoms with van der Waals surface area (Å²) >= 11 is 5.72. The van der Waals surface area contributed by atoms with Gasteiger partial charge < -0.3 is 14.6 Å². The summed E-state index contributed by atoms with van der Waals surface area (Å²) in [5, 5.41) is 9.09. The van der Waals surface area contributed by atoms with E-state index in [0.29, 0.717) is 28.3 Å². The van der Waals surface area contributed by atoms with E-state index in [9.17, 15) is 35.9 Å². The van der Waals surface area contributed by atoms with Crippen molar-refractivity contribution in [3.05, 3.63) is 86.9 Å². The van der Waals surface area contributed by atoms with Crippen LogP contribution in [0.4, 0.5) is 26.3 Å². The number of ether oxygens (including phenoxy) is 2. The van der Waals surface area contributed by atoms with Gasteiger partial charge in [0, 0.05) is 31.4 Å². The third kappa shape index (κ3) is 5.61. The number of halogens is 7. The maximum atomic E-state index is 13.2. The minimum atomic E-state index is -4.83. The summed E-state index contributed by atoms with van der Waals surface area (Å²) in [4.78, 5) is 26.1. The van der Waals surface area contributed by atoms with Gasteiger partial charge in [-0.3, -0.25) is 9.13 Å². The molecule has 0 radical (unpaired) electrons. The molecule has 2 unspecified atom stereocenters. The van der Waals surface area contributed by atoms with Crippen LogP contribution < -0.4 is 10.4 Å². The summed E-state index contributed by atoms with van der Waals surface area (Å²) in [7, 11) is 3.12. The molecule has 2 aromatic heterocycles. The fraction of sp³-hybridized carbons (Fsp3) is 0.269. The lowest BCUT2D eigenvalue weighted by Gasteiger charge is -2.17. The Morgan fingerprint density at radius 2 is 1.68 bits per heavy atom. The number of hydrogen-bond donors (Lipinski definition) is 1. The molecule has 2 aromatic carbocycles. The van der Waals surface area contributed by atoms with Crippen molar-refractivity contribution in [3.63, 3.8) is 0 Å². The number of rotatable bonds is 4. The number of benzene rings is 2. The Hall–Kier alpha value is -4.04. The molecule has 5 rings (SSSR count). The lowest BCUT2D eigenvalue weighted by molar-refractivity contribution is -0.187. The van der Waals surface area contributed by atoms with Gasteiger partial charge in [-0.1, -0.05) is 23.7 Å². The fourth-order valence-corrected chi connectivity index (χ4v) is 4.47. The molecule has 1 saturated heterocycles. The molecule has 218 valence electrons. The highest BCUT2D eigenvalue weighted by Crippen LogP contribution is 2.57. The van der Waals surface area contributed by atoms with Gasteiger partial charge >= 0.3 is 24.0 Å². The van der Waals surface area contributed by atoms with Crippen molar-refractivity contribution in [1.82, 2.24) is 14.1 Å². The smallest absolute Gasteiger partial charge is 0.424 e. The van der Waals surface area contributed by atoms with Crippen LogP contribution in [0.2, 0.25) is 5.02 Å². The normalized spacial score (nSPS) is 18.5. The zero-order valence-electron chi connectivity index (χ0n) is 21.3. The van der Waals surface area contributed by atoms with Gasteiger partial charge in [-0.15, -0.1) is 0 Å². The monoisotopic (exact) mass is 603 g/mol. The van der Waals surface area contributed by atoms with Crippen LogP contribution in [-0.2, 0) is 30.6 Å². The van der Waals surface area contributed by atoms with E-state index in [2.05, 4.69) is 4.98 Å². The number of pyridine rings is 1. The maximum Gasteiger partial charge on any atom is 0.424 e. The third-order valence-corrected chi connectivity index (χ3v) is 6.67. The number of fused-ring (bicyclic) bond motifs is 1. The number of carboxylic acid groups (broad SMARTS) is 1. The van der Waals surface area contributed by atoms with Crippen LogP contribution in [0.3, 0.4) is 0 Å². The Morgan fingerprint density at radius 1 is 1.05 bits per heavy atom. The van der Waals surface area contributed by atoms with Gasteiger partial charge in [-0.05, 0) is 42.8 Å². The summed E-state index contributed by atoms with van der Waals surface area (Å²) in [6, 6.07) is 10.8. The number of hydrogen-bond acceptors (Lipinski definition) is 5. The quantitative estimate of drug-likeness (QED) is 0.217. The molecule has 0 spiro atoms. The molecule has 0 amide bonds. The highest BCUT2D eigenvalue weighted by atomic mass is 35.5. The van der Waals surface area contributed by atoms with E-state index in [0.717, 1.165) is 0 Å². The minimum Gasteiger partial charge on any atom is -0.478 e. The largest absolute Gasteiger partial charge is 0.478 e. The molecule has 41 heavy (non-hydrogen) atoms. The average Bonchev–Trinajstić information content (AvgIpc) is 3.54. The van der Waals surface area contributed by atoms with E-state index in [1.807, 2.05) is 0 Å². The molecule has 2 atom stereocenters.